The normalized spacial score (nSPS) is 20.6. The number of hydrogen-bond donors (Lipinski definition) is 1. The molecule has 1 fully saturated rings. The molecule has 1 rings (SSSR count). The standard InChI is InChI=1S/C15H32N2/c1-4-16-11-7-5-6-8-12-17-13-9-10-15(2,3)14-17/h16H,4-14H2,1-3H3. The van der Waals surface area contributed by atoms with Gasteiger partial charge < -0.3 is 10.2 Å². The van der Waals surface area contributed by atoms with E-state index in [0.717, 1.165) is 6.54 Å². The molecule has 0 spiro atoms. The van der Waals surface area contributed by atoms with Crippen molar-refractivity contribution in [3.05, 3.63) is 0 Å². The van der Waals surface area contributed by atoms with Crippen molar-refractivity contribution in [1.29, 1.82) is 0 Å². The van der Waals surface area contributed by atoms with Crippen LogP contribution in [0.3, 0.4) is 0 Å². The van der Waals surface area contributed by atoms with Crippen LogP contribution in [0.5, 0.6) is 0 Å². The zero-order valence-corrected chi connectivity index (χ0v) is 12.2. The maximum Gasteiger partial charge on any atom is 0.00327 e. The second-order valence-corrected chi connectivity index (χ2v) is 6.31. The molecular formula is C15H32N2. The van der Waals surface area contributed by atoms with Gasteiger partial charge in [-0.15, -0.1) is 0 Å². The van der Waals surface area contributed by atoms with E-state index >= 15 is 0 Å². The summed E-state index contributed by atoms with van der Waals surface area (Å²) < 4.78 is 0. The molecule has 1 saturated heterocycles. The molecular weight excluding hydrogens is 208 g/mol. The van der Waals surface area contributed by atoms with Crippen molar-refractivity contribution in [2.24, 2.45) is 5.41 Å². The highest BCUT2D eigenvalue weighted by molar-refractivity contribution is 4.79. The van der Waals surface area contributed by atoms with Gasteiger partial charge >= 0.3 is 0 Å². The Bertz CT molecular complexity index is 189. The summed E-state index contributed by atoms with van der Waals surface area (Å²) in [6.07, 6.45) is 8.34. The SMILES string of the molecule is CCNCCCCCCN1CCCC(C)(C)C1. The molecule has 2 heteroatoms. The van der Waals surface area contributed by atoms with Gasteiger partial charge in [0.25, 0.3) is 0 Å². The third-order valence-corrected chi connectivity index (χ3v) is 3.81. The molecule has 0 atom stereocenters. The average Bonchev–Trinajstić information content (AvgIpc) is 2.27. The van der Waals surface area contributed by atoms with Crippen molar-refractivity contribution in [1.82, 2.24) is 10.2 Å². The van der Waals surface area contributed by atoms with Crippen LogP contribution in [0.15, 0.2) is 0 Å². The molecule has 0 aromatic rings. The summed E-state index contributed by atoms with van der Waals surface area (Å²) in [6.45, 7) is 13.3. The number of unbranched alkanes of at least 4 members (excludes halogenated alkanes) is 3. The molecule has 0 bridgehead atoms. The summed E-state index contributed by atoms with van der Waals surface area (Å²) in [5.74, 6) is 0. The van der Waals surface area contributed by atoms with Crippen LogP contribution < -0.4 is 5.32 Å². The maximum atomic E-state index is 3.39. The molecule has 0 aliphatic carbocycles. The van der Waals surface area contributed by atoms with E-state index in [9.17, 15) is 0 Å². The number of piperidine rings is 1. The second-order valence-electron chi connectivity index (χ2n) is 6.31. The number of likely N-dealkylation sites (tertiary alicyclic amines) is 1. The lowest BCUT2D eigenvalue weighted by molar-refractivity contribution is 0.116. The van der Waals surface area contributed by atoms with Crippen LogP contribution in [0.2, 0.25) is 0 Å². The van der Waals surface area contributed by atoms with Crippen molar-refractivity contribution in [3.63, 3.8) is 0 Å². The monoisotopic (exact) mass is 240 g/mol. The maximum absolute atomic E-state index is 3.39. The summed E-state index contributed by atoms with van der Waals surface area (Å²) in [5.41, 5.74) is 0.559. The van der Waals surface area contributed by atoms with Crippen LogP contribution in [-0.2, 0) is 0 Å². The molecule has 1 N–H and O–H groups in total. The lowest BCUT2D eigenvalue weighted by Gasteiger charge is -2.38. The molecule has 2 nitrogen and oxygen atoms in total. The Morgan fingerprint density at radius 1 is 1.12 bits per heavy atom. The molecule has 0 aromatic carbocycles. The molecule has 0 amide bonds. The number of nitrogens with zero attached hydrogens (tertiary/aromatic N) is 1. The van der Waals surface area contributed by atoms with Crippen LogP contribution in [-0.4, -0.2) is 37.6 Å². The Labute approximate surface area is 108 Å². The fraction of sp³-hybridized carbons (Fsp3) is 1.00. The molecule has 1 heterocycles. The van der Waals surface area contributed by atoms with E-state index in [1.54, 1.807) is 0 Å². The third kappa shape index (κ3) is 7.05. The number of hydrogen-bond acceptors (Lipinski definition) is 2. The first-order valence-electron chi connectivity index (χ1n) is 7.57. The van der Waals surface area contributed by atoms with Crippen LogP contribution in [0, 0.1) is 5.41 Å². The summed E-state index contributed by atoms with van der Waals surface area (Å²) in [7, 11) is 0. The Morgan fingerprint density at radius 2 is 1.88 bits per heavy atom. The van der Waals surface area contributed by atoms with E-state index in [1.165, 1.54) is 64.7 Å². The Kier molecular flexibility index (Phi) is 7.14. The fourth-order valence-electron chi connectivity index (χ4n) is 2.85. The van der Waals surface area contributed by atoms with Gasteiger partial charge in [0.2, 0.25) is 0 Å². The molecule has 1 aliphatic heterocycles. The summed E-state index contributed by atoms with van der Waals surface area (Å²) in [5, 5.41) is 3.39. The van der Waals surface area contributed by atoms with Gasteiger partial charge in [-0.05, 0) is 57.3 Å². The number of rotatable bonds is 8. The second kappa shape index (κ2) is 8.10. The van der Waals surface area contributed by atoms with Gasteiger partial charge in [0.15, 0.2) is 0 Å². The van der Waals surface area contributed by atoms with Crippen LogP contribution in [0.4, 0.5) is 0 Å². The van der Waals surface area contributed by atoms with E-state index in [-0.39, 0.29) is 0 Å². The highest BCUT2D eigenvalue weighted by Gasteiger charge is 2.25. The lowest BCUT2D eigenvalue weighted by atomic mass is 9.84. The van der Waals surface area contributed by atoms with Crippen LogP contribution in [0.25, 0.3) is 0 Å². The Morgan fingerprint density at radius 3 is 2.59 bits per heavy atom. The minimum atomic E-state index is 0.559. The molecule has 102 valence electrons. The minimum Gasteiger partial charge on any atom is -0.317 e. The topological polar surface area (TPSA) is 15.3 Å². The third-order valence-electron chi connectivity index (χ3n) is 3.81. The Balaban J connectivity index is 1.95. The van der Waals surface area contributed by atoms with Crippen LogP contribution in [0.1, 0.15) is 59.3 Å². The van der Waals surface area contributed by atoms with E-state index in [4.69, 9.17) is 0 Å². The highest BCUT2D eigenvalue weighted by atomic mass is 15.1. The van der Waals surface area contributed by atoms with Gasteiger partial charge in [0.05, 0.1) is 0 Å². The van der Waals surface area contributed by atoms with Crippen molar-refractivity contribution in [2.45, 2.75) is 59.3 Å². The molecule has 1 aliphatic rings. The fourth-order valence-corrected chi connectivity index (χ4v) is 2.85. The van der Waals surface area contributed by atoms with Crippen molar-refractivity contribution in [2.75, 3.05) is 32.7 Å². The van der Waals surface area contributed by atoms with Crippen molar-refractivity contribution < 1.29 is 0 Å². The van der Waals surface area contributed by atoms with Gasteiger partial charge in [0, 0.05) is 6.54 Å². The zero-order valence-electron chi connectivity index (χ0n) is 12.2. The molecule has 0 aromatic heterocycles. The first-order valence-corrected chi connectivity index (χ1v) is 7.57. The predicted octanol–water partition coefficient (Wildman–Crippen LogP) is 3.28. The quantitative estimate of drug-likeness (QED) is 0.655. The first kappa shape index (κ1) is 15.0. The highest BCUT2D eigenvalue weighted by Crippen LogP contribution is 2.28. The summed E-state index contributed by atoms with van der Waals surface area (Å²) >= 11 is 0. The van der Waals surface area contributed by atoms with Gasteiger partial charge in [-0.25, -0.2) is 0 Å². The molecule has 0 saturated carbocycles. The smallest absolute Gasteiger partial charge is 0.00327 e. The largest absolute Gasteiger partial charge is 0.317 e. The molecule has 17 heavy (non-hydrogen) atoms. The summed E-state index contributed by atoms with van der Waals surface area (Å²) in [4.78, 5) is 2.67. The van der Waals surface area contributed by atoms with E-state index in [2.05, 4.69) is 31.0 Å². The van der Waals surface area contributed by atoms with Gasteiger partial charge in [-0.1, -0.05) is 33.6 Å². The van der Waals surface area contributed by atoms with Gasteiger partial charge in [-0.3, -0.25) is 0 Å². The lowest BCUT2D eigenvalue weighted by Crippen LogP contribution is -2.40. The van der Waals surface area contributed by atoms with Crippen molar-refractivity contribution in [3.8, 4) is 0 Å². The summed E-state index contributed by atoms with van der Waals surface area (Å²) in [6, 6.07) is 0. The average molecular weight is 240 g/mol. The van der Waals surface area contributed by atoms with Gasteiger partial charge in [0.1, 0.15) is 0 Å². The minimum absolute atomic E-state index is 0.559. The molecule has 0 radical (unpaired) electrons. The molecule has 0 unspecified atom stereocenters. The van der Waals surface area contributed by atoms with Gasteiger partial charge in [-0.2, -0.15) is 0 Å². The zero-order chi connectivity index (χ0) is 12.6. The first-order chi connectivity index (χ1) is 8.14. The van der Waals surface area contributed by atoms with E-state index in [0.29, 0.717) is 5.41 Å². The Hall–Kier alpha value is -0.0800. The van der Waals surface area contributed by atoms with Crippen molar-refractivity contribution >= 4 is 0 Å². The van der Waals surface area contributed by atoms with Crippen LogP contribution >= 0.6 is 0 Å². The van der Waals surface area contributed by atoms with E-state index in [1.807, 2.05) is 0 Å². The van der Waals surface area contributed by atoms with E-state index < -0.39 is 0 Å². The predicted molar refractivity (Wildman–Crippen MR) is 76.5 cm³/mol. The number of nitrogens with one attached hydrogen (secondary N) is 1.